The summed E-state index contributed by atoms with van der Waals surface area (Å²) in [5.41, 5.74) is 1.18. The van der Waals surface area contributed by atoms with Gasteiger partial charge in [-0.15, -0.1) is 0 Å². The topological polar surface area (TPSA) is 94.4 Å². The van der Waals surface area contributed by atoms with Crippen LogP contribution in [-0.4, -0.2) is 33.4 Å². The molecule has 0 fully saturated rings. The summed E-state index contributed by atoms with van der Waals surface area (Å²) in [7, 11) is -3.30. The van der Waals surface area contributed by atoms with E-state index >= 15 is 0 Å². The predicted octanol–water partition coefficient (Wildman–Crippen LogP) is 5.03. The molecular formula is C22H26N2O5S. The third-order valence-corrected chi connectivity index (χ3v) is 6.28. The number of sulfone groups is 1. The van der Waals surface area contributed by atoms with Crippen molar-refractivity contribution >= 4 is 27.2 Å². The van der Waals surface area contributed by atoms with Crippen molar-refractivity contribution in [3.8, 4) is 5.75 Å². The van der Waals surface area contributed by atoms with Gasteiger partial charge in [0.1, 0.15) is 19.0 Å². The zero-order valence-corrected chi connectivity index (χ0v) is 18.0. The van der Waals surface area contributed by atoms with Crippen LogP contribution in [0.15, 0.2) is 76.3 Å². The molecule has 0 radical (unpaired) electrons. The fourth-order valence-electron chi connectivity index (χ4n) is 2.39. The molecule has 0 aliphatic carbocycles. The lowest BCUT2D eigenvalue weighted by Crippen LogP contribution is -2.13. The van der Waals surface area contributed by atoms with Gasteiger partial charge in [-0.3, -0.25) is 0 Å². The van der Waals surface area contributed by atoms with Crippen molar-refractivity contribution in [1.29, 1.82) is 0 Å². The van der Waals surface area contributed by atoms with Crippen LogP contribution >= 0.6 is 0 Å². The summed E-state index contributed by atoms with van der Waals surface area (Å²) in [6.07, 6.45) is 1.91. The van der Waals surface area contributed by atoms with E-state index in [0.29, 0.717) is 22.0 Å². The molecule has 0 spiro atoms. The molecule has 0 aliphatic rings. The highest BCUT2D eigenvalue weighted by Gasteiger charge is 2.17. The molecule has 2 aromatic carbocycles. The molecule has 1 unspecified atom stereocenters. The summed E-state index contributed by atoms with van der Waals surface area (Å²) >= 11 is 0. The van der Waals surface area contributed by atoms with Gasteiger partial charge in [0.2, 0.25) is 0 Å². The monoisotopic (exact) mass is 430 g/mol. The lowest BCUT2D eigenvalue weighted by atomic mass is 10.2. The first kappa shape index (κ1) is 23.3. The lowest BCUT2D eigenvalue weighted by Gasteiger charge is -2.09. The number of azo groups is 1. The minimum absolute atomic E-state index is 0.114. The normalized spacial score (nSPS) is 12.5. The minimum Gasteiger partial charge on any atom is -0.490 e. The summed E-state index contributed by atoms with van der Waals surface area (Å²) in [5, 5.41) is 8.27. The maximum atomic E-state index is 12.4. The van der Waals surface area contributed by atoms with Crippen molar-refractivity contribution < 1.29 is 22.7 Å². The first-order valence-electron chi connectivity index (χ1n) is 9.60. The molecular weight excluding hydrogens is 404 g/mol. The molecule has 0 aromatic heterocycles. The minimum atomic E-state index is -3.30. The first-order chi connectivity index (χ1) is 14.3. The maximum absolute atomic E-state index is 12.4. The Morgan fingerprint density at radius 3 is 2.13 bits per heavy atom. The zero-order valence-electron chi connectivity index (χ0n) is 17.2. The van der Waals surface area contributed by atoms with Gasteiger partial charge >= 0.3 is 5.97 Å². The standard InChI is InChI=1S/C22H26N2O5S/c1-4-17(3)16-30(26,27)21-12-8-19(9-13-21)24-23-18-6-10-20(11-7-18)28-14-15-29-22(25)5-2/h5-13,17H,2,4,14-16H2,1,3H3/b24-23+. The number of hydrogen-bond acceptors (Lipinski definition) is 7. The number of carbonyl (C=O) groups is 1. The Hall–Kier alpha value is -3.00. The highest BCUT2D eigenvalue weighted by atomic mass is 32.2. The summed E-state index contributed by atoms with van der Waals surface area (Å²) in [6.45, 7) is 7.58. The number of hydrogen-bond donors (Lipinski definition) is 0. The van der Waals surface area contributed by atoms with Crippen molar-refractivity contribution in [1.82, 2.24) is 0 Å². The quantitative estimate of drug-likeness (QED) is 0.216. The van der Waals surface area contributed by atoms with Gasteiger partial charge in [-0.25, -0.2) is 13.2 Å². The van der Waals surface area contributed by atoms with Crippen LogP contribution in [0.25, 0.3) is 0 Å². The van der Waals surface area contributed by atoms with Crippen LogP contribution in [0, 0.1) is 5.92 Å². The van der Waals surface area contributed by atoms with Gasteiger partial charge < -0.3 is 9.47 Å². The van der Waals surface area contributed by atoms with Crippen molar-refractivity contribution in [3.63, 3.8) is 0 Å². The zero-order chi connectivity index (χ0) is 22.0. The van der Waals surface area contributed by atoms with E-state index in [-0.39, 0.29) is 24.9 Å². The number of esters is 1. The predicted molar refractivity (Wildman–Crippen MR) is 115 cm³/mol. The lowest BCUT2D eigenvalue weighted by molar-refractivity contribution is -0.138. The van der Waals surface area contributed by atoms with Crippen molar-refractivity contribution in [2.75, 3.05) is 19.0 Å². The van der Waals surface area contributed by atoms with E-state index in [9.17, 15) is 13.2 Å². The molecule has 7 nitrogen and oxygen atoms in total. The van der Waals surface area contributed by atoms with E-state index in [2.05, 4.69) is 16.8 Å². The average Bonchev–Trinajstić information content (AvgIpc) is 2.75. The van der Waals surface area contributed by atoms with E-state index in [1.54, 1.807) is 48.5 Å². The molecule has 0 amide bonds. The van der Waals surface area contributed by atoms with Crippen LogP contribution in [0.4, 0.5) is 11.4 Å². The van der Waals surface area contributed by atoms with E-state index < -0.39 is 15.8 Å². The highest BCUT2D eigenvalue weighted by molar-refractivity contribution is 7.91. The van der Waals surface area contributed by atoms with E-state index in [4.69, 9.17) is 9.47 Å². The summed E-state index contributed by atoms with van der Waals surface area (Å²) in [5.74, 6) is 0.369. The third kappa shape index (κ3) is 7.44. The number of ether oxygens (including phenoxy) is 2. The van der Waals surface area contributed by atoms with E-state index in [1.165, 1.54) is 0 Å². The molecule has 0 aliphatic heterocycles. The molecule has 0 bridgehead atoms. The highest BCUT2D eigenvalue weighted by Crippen LogP contribution is 2.23. The number of carbonyl (C=O) groups excluding carboxylic acids is 1. The Labute approximate surface area is 177 Å². The summed E-state index contributed by atoms with van der Waals surface area (Å²) in [6, 6.07) is 13.3. The molecule has 2 rings (SSSR count). The van der Waals surface area contributed by atoms with Gasteiger partial charge in [0.05, 0.1) is 22.0 Å². The first-order valence-corrected chi connectivity index (χ1v) is 11.3. The number of benzene rings is 2. The molecule has 2 aromatic rings. The Morgan fingerprint density at radius 2 is 1.60 bits per heavy atom. The Bertz CT molecular complexity index is 968. The second-order valence-corrected chi connectivity index (χ2v) is 8.74. The molecule has 8 heteroatoms. The Morgan fingerprint density at radius 1 is 1.03 bits per heavy atom. The second-order valence-electron chi connectivity index (χ2n) is 6.70. The molecule has 160 valence electrons. The molecule has 1 atom stereocenters. The maximum Gasteiger partial charge on any atom is 0.330 e. The summed E-state index contributed by atoms with van der Waals surface area (Å²) in [4.78, 5) is 11.2. The van der Waals surface area contributed by atoms with E-state index in [0.717, 1.165) is 12.5 Å². The van der Waals surface area contributed by atoms with Gasteiger partial charge in [0, 0.05) is 6.08 Å². The SMILES string of the molecule is C=CC(=O)OCCOc1ccc(/N=N/c2ccc(S(=O)(=O)CC(C)CC)cc2)cc1. The Kier molecular flexibility index (Phi) is 8.73. The van der Waals surface area contributed by atoms with Crippen LogP contribution in [0.2, 0.25) is 0 Å². The fourth-order valence-corrected chi connectivity index (χ4v) is 4.12. The van der Waals surface area contributed by atoms with Crippen LogP contribution in [-0.2, 0) is 19.4 Å². The van der Waals surface area contributed by atoms with Gasteiger partial charge in [0.25, 0.3) is 0 Å². The molecule has 0 heterocycles. The van der Waals surface area contributed by atoms with Gasteiger partial charge in [-0.05, 0) is 54.4 Å². The number of rotatable bonds is 11. The number of nitrogens with zero attached hydrogens (tertiary/aromatic N) is 2. The third-order valence-electron chi connectivity index (χ3n) is 4.28. The average molecular weight is 431 g/mol. The van der Waals surface area contributed by atoms with Crippen LogP contribution in [0.3, 0.4) is 0 Å². The van der Waals surface area contributed by atoms with Crippen molar-refractivity contribution in [3.05, 3.63) is 61.2 Å². The molecule has 0 N–H and O–H groups in total. The van der Waals surface area contributed by atoms with Crippen LogP contribution < -0.4 is 4.74 Å². The fraction of sp³-hybridized carbons (Fsp3) is 0.318. The van der Waals surface area contributed by atoms with Gasteiger partial charge in [0.15, 0.2) is 9.84 Å². The van der Waals surface area contributed by atoms with Crippen molar-refractivity contribution in [2.24, 2.45) is 16.1 Å². The molecule has 0 saturated heterocycles. The van der Waals surface area contributed by atoms with Crippen molar-refractivity contribution in [2.45, 2.75) is 25.2 Å². The van der Waals surface area contributed by atoms with Crippen LogP contribution in [0.5, 0.6) is 5.75 Å². The van der Waals surface area contributed by atoms with E-state index in [1.807, 2.05) is 13.8 Å². The summed E-state index contributed by atoms with van der Waals surface area (Å²) < 4.78 is 35.0. The largest absolute Gasteiger partial charge is 0.490 e. The van der Waals surface area contributed by atoms with Crippen LogP contribution in [0.1, 0.15) is 20.3 Å². The molecule has 0 saturated carbocycles. The Balaban J connectivity index is 1.91. The van der Waals surface area contributed by atoms with Gasteiger partial charge in [-0.2, -0.15) is 10.2 Å². The van der Waals surface area contributed by atoms with Gasteiger partial charge in [-0.1, -0.05) is 26.8 Å². The second kappa shape index (κ2) is 11.3. The smallest absolute Gasteiger partial charge is 0.330 e. The molecule has 30 heavy (non-hydrogen) atoms.